The van der Waals surface area contributed by atoms with Crippen molar-refractivity contribution in [2.75, 3.05) is 6.54 Å². The number of fused-ring (bicyclic) bond motifs is 5. The maximum atomic E-state index is 11.8. The van der Waals surface area contributed by atoms with Gasteiger partial charge in [-0.15, -0.1) is 0 Å². The molecule has 1 aromatic heterocycles. The van der Waals surface area contributed by atoms with E-state index in [4.69, 9.17) is 11.6 Å². The third-order valence-corrected chi connectivity index (χ3v) is 5.87. The number of imide groups is 1. The zero-order valence-corrected chi connectivity index (χ0v) is 16.4. The summed E-state index contributed by atoms with van der Waals surface area (Å²) in [7, 11) is 0. The van der Waals surface area contributed by atoms with Crippen LogP contribution in [0.15, 0.2) is 36.4 Å². The fourth-order valence-electron chi connectivity index (χ4n) is 4.21. The number of nitrogens with zero attached hydrogens (tertiary/aromatic N) is 2. The van der Waals surface area contributed by atoms with E-state index in [-0.39, 0.29) is 11.8 Å². The van der Waals surface area contributed by atoms with E-state index >= 15 is 0 Å². The summed E-state index contributed by atoms with van der Waals surface area (Å²) in [6.45, 7) is 6.10. The van der Waals surface area contributed by atoms with Crippen LogP contribution in [0, 0.1) is 6.92 Å². The van der Waals surface area contributed by atoms with Gasteiger partial charge in [0.25, 0.3) is 0 Å². The van der Waals surface area contributed by atoms with Gasteiger partial charge in [-0.25, -0.2) is 0 Å². The van der Waals surface area contributed by atoms with Gasteiger partial charge in [-0.3, -0.25) is 14.5 Å². The van der Waals surface area contributed by atoms with Crippen molar-refractivity contribution in [2.45, 2.75) is 33.7 Å². The maximum absolute atomic E-state index is 11.8. The quantitative estimate of drug-likeness (QED) is 0.522. The monoisotopic (exact) mass is 380 g/mol. The summed E-state index contributed by atoms with van der Waals surface area (Å²) in [5.74, 6) is -0.440. The summed E-state index contributed by atoms with van der Waals surface area (Å²) in [6.07, 6.45) is 0.618. The number of benzene rings is 2. The molecule has 0 spiro atoms. The van der Waals surface area contributed by atoms with Crippen molar-refractivity contribution in [3.8, 4) is 11.3 Å². The second-order valence-corrected chi connectivity index (χ2v) is 7.49. The summed E-state index contributed by atoms with van der Waals surface area (Å²) < 4.78 is 2.32. The molecule has 0 atom stereocenters. The number of hydrogen-bond donors (Lipinski definition) is 0. The minimum Gasteiger partial charge on any atom is -0.335 e. The number of rotatable bonds is 3. The molecule has 4 rings (SSSR count). The Kier molecular flexibility index (Phi) is 4.31. The van der Waals surface area contributed by atoms with E-state index in [2.05, 4.69) is 28.8 Å². The molecule has 2 amide bonds. The van der Waals surface area contributed by atoms with Gasteiger partial charge < -0.3 is 4.57 Å². The Labute approximate surface area is 163 Å². The van der Waals surface area contributed by atoms with E-state index in [0.717, 1.165) is 28.0 Å². The van der Waals surface area contributed by atoms with Gasteiger partial charge in [-0.2, -0.15) is 0 Å². The molecule has 0 aliphatic carbocycles. The second kappa shape index (κ2) is 6.54. The number of halogens is 1. The van der Waals surface area contributed by atoms with E-state index in [9.17, 15) is 9.59 Å². The van der Waals surface area contributed by atoms with E-state index < -0.39 is 0 Å². The molecular formula is C22H21ClN2O2. The standard InChI is InChI=1S/C22H21ClN2O2/c1-13-20(23)9-8-18-19(10-11-24(14(2)26)15(3)27)22-17-7-5-4-6-16(17)12-25(22)21(13)18/h4-9H,10-12H2,1-3H3. The van der Waals surface area contributed by atoms with Crippen LogP contribution in [0.1, 0.15) is 30.5 Å². The average Bonchev–Trinajstić information content (AvgIpc) is 3.13. The highest BCUT2D eigenvalue weighted by Crippen LogP contribution is 2.43. The van der Waals surface area contributed by atoms with Crippen LogP contribution in [-0.2, 0) is 22.6 Å². The van der Waals surface area contributed by atoms with Crippen LogP contribution < -0.4 is 0 Å². The first-order chi connectivity index (χ1) is 12.9. The fourth-order valence-corrected chi connectivity index (χ4v) is 4.36. The molecule has 27 heavy (non-hydrogen) atoms. The summed E-state index contributed by atoms with van der Waals surface area (Å²) in [5, 5.41) is 1.90. The number of amides is 2. The molecule has 0 N–H and O–H groups in total. The summed E-state index contributed by atoms with van der Waals surface area (Å²) in [6, 6.07) is 12.4. The molecule has 0 saturated carbocycles. The number of aromatic nitrogens is 1. The lowest BCUT2D eigenvalue weighted by Crippen LogP contribution is -2.35. The summed E-state index contributed by atoms with van der Waals surface area (Å²) >= 11 is 6.41. The third kappa shape index (κ3) is 2.76. The van der Waals surface area contributed by atoms with Gasteiger partial charge in [0.05, 0.1) is 11.2 Å². The molecule has 4 nitrogen and oxygen atoms in total. The Hall–Kier alpha value is -2.59. The number of carbonyl (C=O) groups excluding carboxylic acids is 2. The highest BCUT2D eigenvalue weighted by Gasteiger charge is 2.27. The van der Waals surface area contributed by atoms with E-state index in [1.807, 2.05) is 19.1 Å². The summed E-state index contributed by atoms with van der Waals surface area (Å²) in [5.41, 5.74) is 7.05. The fraction of sp³-hybridized carbons (Fsp3) is 0.273. The van der Waals surface area contributed by atoms with Gasteiger partial charge in [-0.1, -0.05) is 41.9 Å². The van der Waals surface area contributed by atoms with Gasteiger partial charge in [0.15, 0.2) is 0 Å². The third-order valence-electron chi connectivity index (χ3n) is 5.46. The van der Waals surface area contributed by atoms with Crippen molar-refractivity contribution in [3.63, 3.8) is 0 Å². The first kappa shape index (κ1) is 17.8. The lowest BCUT2D eigenvalue weighted by molar-refractivity contribution is -0.141. The van der Waals surface area contributed by atoms with Crippen LogP contribution in [0.4, 0.5) is 0 Å². The van der Waals surface area contributed by atoms with E-state index in [1.165, 1.54) is 41.1 Å². The van der Waals surface area contributed by atoms with Crippen molar-refractivity contribution in [2.24, 2.45) is 0 Å². The molecular weight excluding hydrogens is 360 g/mol. The predicted molar refractivity (Wildman–Crippen MR) is 108 cm³/mol. The zero-order valence-electron chi connectivity index (χ0n) is 15.7. The number of hydrogen-bond acceptors (Lipinski definition) is 2. The maximum Gasteiger partial charge on any atom is 0.226 e. The van der Waals surface area contributed by atoms with Crippen molar-refractivity contribution >= 4 is 34.3 Å². The Bertz CT molecular complexity index is 1080. The van der Waals surface area contributed by atoms with Gasteiger partial charge in [-0.05, 0) is 36.1 Å². The van der Waals surface area contributed by atoms with E-state index in [0.29, 0.717) is 13.0 Å². The highest BCUT2D eigenvalue weighted by atomic mass is 35.5. The molecule has 0 radical (unpaired) electrons. The molecule has 1 aliphatic heterocycles. The van der Waals surface area contributed by atoms with Crippen molar-refractivity contribution < 1.29 is 9.59 Å². The molecule has 3 aromatic rings. The SMILES string of the molecule is CC(=O)N(CCc1c2n(c3c(C)c(Cl)ccc13)Cc1ccccc1-2)C(C)=O. The van der Waals surface area contributed by atoms with Gasteiger partial charge in [0.2, 0.25) is 11.8 Å². The van der Waals surface area contributed by atoms with Crippen LogP contribution >= 0.6 is 11.6 Å². The Morgan fingerprint density at radius 3 is 2.52 bits per heavy atom. The molecule has 1 aliphatic rings. The van der Waals surface area contributed by atoms with Gasteiger partial charge in [0.1, 0.15) is 0 Å². The molecule has 0 unspecified atom stereocenters. The number of aryl methyl sites for hydroxylation is 1. The van der Waals surface area contributed by atoms with Gasteiger partial charge in [0, 0.05) is 42.9 Å². The van der Waals surface area contributed by atoms with Crippen LogP contribution in [0.2, 0.25) is 5.02 Å². The zero-order chi connectivity index (χ0) is 19.3. The lowest BCUT2D eigenvalue weighted by atomic mass is 9.99. The van der Waals surface area contributed by atoms with Crippen LogP contribution in [-0.4, -0.2) is 27.8 Å². The van der Waals surface area contributed by atoms with Crippen LogP contribution in [0.25, 0.3) is 22.2 Å². The van der Waals surface area contributed by atoms with E-state index in [1.54, 1.807) is 0 Å². The summed E-state index contributed by atoms with van der Waals surface area (Å²) in [4.78, 5) is 24.9. The second-order valence-electron chi connectivity index (χ2n) is 7.08. The van der Waals surface area contributed by atoms with Crippen LogP contribution in [0.5, 0.6) is 0 Å². The molecule has 5 heteroatoms. The first-order valence-electron chi connectivity index (χ1n) is 9.07. The highest BCUT2D eigenvalue weighted by molar-refractivity contribution is 6.32. The topological polar surface area (TPSA) is 42.3 Å². The molecule has 2 aromatic carbocycles. The molecule has 2 heterocycles. The molecule has 0 fully saturated rings. The Morgan fingerprint density at radius 2 is 1.81 bits per heavy atom. The number of carbonyl (C=O) groups is 2. The molecule has 0 bridgehead atoms. The van der Waals surface area contributed by atoms with Crippen LogP contribution in [0.3, 0.4) is 0 Å². The molecule has 0 saturated heterocycles. The minimum atomic E-state index is -0.220. The van der Waals surface area contributed by atoms with Crippen molar-refractivity contribution in [1.29, 1.82) is 0 Å². The van der Waals surface area contributed by atoms with Gasteiger partial charge >= 0.3 is 0 Å². The minimum absolute atomic E-state index is 0.220. The Balaban J connectivity index is 1.89. The smallest absolute Gasteiger partial charge is 0.226 e. The van der Waals surface area contributed by atoms with Crippen molar-refractivity contribution in [1.82, 2.24) is 9.47 Å². The Morgan fingerprint density at radius 1 is 1.11 bits per heavy atom. The normalized spacial score (nSPS) is 12.1. The molecule has 138 valence electrons. The predicted octanol–water partition coefficient (Wildman–Crippen LogP) is 4.57. The lowest BCUT2D eigenvalue weighted by Gasteiger charge is -2.17. The first-order valence-corrected chi connectivity index (χ1v) is 9.45. The largest absolute Gasteiger partial charge is 0.335 e. The van der Waals surface area contributed by atoms with Crippen molar-refractivity contribution in [3.05, 3.63) is 58.1 Å². The average molecular weight is 381 g/mol.